The van der Waals surface area contributed by atoms with Crippen LogP contribution in [0.3, 0.4) is 0 Å². The van der Waals surface area contributed by atoms with Crippen molar-refractivity contribution in [2.75, 3.05) is 6.61 Å². The van der Waals surface area contributed by atoms with Crippen LogP contribution >= 0.6 is 0 Å². The number of para-hydroxylation sites is 1. The first-order valence-electron chi connectivity index (χ1n) is 7.76. The lowest BCUT2D eigenvalue weighted by atomic mass is 9.77. The molecule has 0 aliphatic carbocycles. The van der Waals surface area contributed by atoms with Crippen LogP contribution in [0.5, 0.6) is 5.75 Å². The normalized spacial score (nSPS) is 19.7. The SMILES string of the molecule is C=CCC1(COCc2ccccc2)Cc2ccccc2OC1=O. The van der Waals surface area contributed by atoms with Crippen LogP contribution in [0.2, 0.25) is 0 Å². The van der Waals surface area contributed by atoms with Crippen molar-refractivity contribution >= 4 is 5.97 Å². The zero-order valence-electron chi connectivity index (χ0n) is 13.0. The predicted molar refractivity (Wildman–Crippen MR) is 89.1 cm³/mol. The number of esters is 1. The number of hydrogen-bond acceptors (Lipinski definition) is 3. The Balaban J connectivity index is 1.74. The minimum absolute atomic E-state index is 0.232. The van der Waals surface area contributed by atoms with E-state index in [1.165, 1.54) is 0 Å². The molecule has 23 heavy (non-hydrogen) atoms. The molecule has 2 aromatic rings. The van der Waals surface area contributed by atoms with Gasteiger partial charge in [0.2, 0.25) is 0 Å². The number of rotatable bonds is 6. The summed E-state index contributed by atoms with van der Waals surface area (Å²) in [6, 6.07) is 17.6. The third-order valence-corrected chi connectivity index (χ3v) is 4.16. The molecule has 2 aromatic carbocycles. The van der Waals surface area contributed by atoms with E-state index in [0.29, 0.717) is 31.8 Å². The largest absolute Gasteiger partial charge is 0.426 e. The molecule has 3 nitrogen and oxygen atoms in total. The Morgan fingerprint density at radius 2 is 1.87 bits per heavy atom. The highest BCUT2D eigenvalue weighted by Gasteiger charge is 2.43. The lowest BCUT2D eigenvalue weighted by Crippen LogP contribution is -2.43. The van der Waals surface area contributed by atoms with Gasteiger partial charge in [0.25, 0.3) is 0 Å². The minimum atomic E-state index is -0.690. The van der Waals surface area contributed by atoms with Gasteiger partial charge in [0.1, 0.15) is 5.75 Å². The molecule has 0 bridgehead atoms. The fourth-order valence-corrected chi connectivity index (χ4v) is 2.93. The lowest BCUT2D eigenvalue weighted by Gasteiger charge is -2.34. The zero-order chi connectivity index (χ0) is 16.1. The van der Waals surface area contributed by atoms with E-state index >= 15 is 0 Å². The maximum Gasteiger partial charge on any atom is 0.320 e. The van der Waals surface area contributed by atoms with Gasteiger partial charge < -0.3 is 9.47 Å². The number of benzene rings is 2. The number of ether oxygens (including phenoxy) is 2. The predicted octanol–water partition coefficient (Wildman–Crippen LogP) is 3.93. The van der Waals surface area contributed by atoms with Crippen LogP contribution in [-0.2, 0) is 22.6 Å². The molecule has 118 valence electrons. The summed E-state index contributed by atoms with van der Waals surface area (Å²) in [6.07, 6.45) is 2.92. The molecule has 0 radical (unpaired) electrons. The number of carbonyl (C=O) groups is 1. The first-order valence-corrected chi connectivity index (χ1v) is 7.76. The van der Waals surface area contributed by atoms with Gasteiger partial charge in [0.05, 0.1) is 18.6 Å². The number of fused-ring (bicyclic) bond motifs is 1. The molecule has 1 atom stereocenters. The van der Waals surface area contributed by atoms with Crippen LogP contribution in [-0.4, -0.2) is 12.6 Å². The number of allylic oxidation sites excluding steroid dienone is 1. The number of carbonyl (C=O) groups excluding carboxylic acids is 1. The first-order chi connectivity index (χ1) is 11.2. The van der Waals surface area contributed by atoms with Crippen molar-refractivity contribution < 1.29 is 14.3 Å². The molecular formula is C20H20O3. The Bertz CT molecular complexity index is 693. The monoisotopic (exact) mass is 308 g/mol. The van der Waals surface area contributed by atoms with Crippen LogP contribution < -0.4 is 4.74 Å². The second-order valence-corrected chi connectivity index (χ2v) is 5.93. The van der Waals surface area contributed by atoms with Crippen molar-refractivity contribution in [2.24, 2.45) is 5.41 Å². The van der Waals surface area contributed by atoms with Gasteiger partial charge in [-0.25, -0.2) is 0 Å². The van der Waals surface area contributed by atoms with Gasteiger partial charge in [-0.3, -0.25) is 4.79 Å². The van der Waals surface area contributed by atoms with Gasteiger partial charge in [-0.2, -0.15) is 0 Å². The van der Waals surface area contributed by atoms with E-state index in [1.54, 1.807) is 6.08 Å². The van der Waals surface area contributed by atoms with Gasteiger partial charge in [-0.05, 0) is 30.0 Å². The Morgan fingerprint density at radius 3 is 2.65 bits per heavy atom. The molecule has 0 saturated heterocycles. The molecule has 3 heteroatoms. The molecule has 3 rings (SSSR count). The maximum atomic E-state index is 12.6. The van der Waals surface area contributed by atoms with Crippen molar-refractivity contribution in [1.29, 1.82) is 0 Å². The van der Waals surface area contributed by atoms with Crippen LogP contribution in [0, 0.1) is 5.41 Å². The van der Waals surface area contributed by atoms with Crippen molar-refractivity contribution in [3.8, 4) is 5.75 Å². The Kier molecular flexibility index (Phi) is 4.58. The molecule has 1 aliphatic heterocycles. The maximum absolute atomic E-state index is 12.6. The standard InChI is InChI=1S/C20H20O3/c1-2-12-20(15-22-14-16-8-4-3-5-9-16)13-17-10-6-7-11-18(17)23-19(20)21/h2-11H,1,12-15H2. The third kappa shape index (κ3) is 3.35. The number of hydrogen-bond donors (Lipinski definition) is 0. The van der Waals surface area contributed by atoms with E-state index in [0.717, 1.165) is 11.1 Å². The van der Waals surface area contributed by atoms with Crippen molar-refractivity contribution in [2.45, 2.75) is 19.4 Å². The quantitative estimate of drug-likeness (QED) is 0.461. The second-order valence-electron chi connectivity index (χ2n) is 5.93. The summed E-state index contributed by atoms with van der Waals surface area (Å²) in [5.41, 5.74) is 1.44. The molecule has 0 amide bonds. The van der Waals surface area contributed by atoms with E-state index < -0.39 is 5.41 Å². The van der Waals surface area contributed by atoms with E-state index in [1.807, 2.05) is 54.6 Å². The third-order valence-electron chi connectivity index (χ3n) is 4.16. The van der Waals surface area contributed by atoms with E-state index in [-0.39, 0.29) is 5.97 Å². The van der Waals surface area contributed by atoms with Gasteiger partial charge in [-0.15, -0.1) is 6.58 Å². The van der Waals surface area contributed by atoms with Crippen molar-refractivity contribution in [1.82, 2.24) is 0 Å². The first kappa shape index (κ1) is 15.5. The average molecular weight is 308 g/mol. The van der Waals surface area contributed by atoms with Crippen LogP contribution in [0.15, 0.2) is 67.3 Å². The molecule has 1 heterocycles. The molecule has 0 N–H and O–H groups in total. The van der Waals surface area contributed by atoms with Crippen molar-refractivity contribution in [3.63, 3.8) is 0 Å². The molecule has 0 aromatic heterocycles. The topological polar surface area (TPSA) is 35.5 Å². The molecule has 1 unspecified atom stereocenters. The van der Waals surface area contributed by atoms with Crippen LogP contribution in [0.25, 0.3) is 0 Å². The van der Waals surface area contributed by atoms with E-state index in [4.69, 9.17) is 9.47 Å². The Hall–Kier alpha value is -2.39. The summed E-state index contributed by atoms with van der Waals surface area (Å²) in [5.74, 6) is 0.421. The fourth-order valence-electron chi connectivity index (χ4n) is 2.93. The van der Waals surface area contributed by atoms with Gasteiger partial charge in [0, 0.05) is 0 Å². The average Bonchev–Trinajstić information content (AvgIpc) is 2.57. The van der Waals surface area contributed by atoms with Gasteiger partial charge >= 0.3 is 5.97 Å². The second kappa shape index (κ2) is 6.80. The fraction of sp³-hybridized carbons (Fsp3) is 0.250. The van der Waals surface area contributed by atoms with E-state index in [9.17, 15) is 4.79 Å². The summed E-state index contributed by atoms with van der Waals surface area (Å²) in [7, 11) is 0. The highest BCUT2D eigenvalue weighted by Crippen LogP contribution is 2.38. The van der Waals surface area contributed by atoms with Crippen LogP contribution in [0.1, 0.15) is 17.5 Å². The highest BCUT2D eigenvalue weighted by molar-refractivity contribution is 5.82. The molecular weight excluding hydrogens is 288 g/mol. The van der Waals surface area contributed by atoms with Gasteiger partial charge in [-0.1, -0.05) is 54.6 Å². The smallest absolute Gasteiger partial charge is 0.320 e. The summed E-state index contributed by atoms with van der Waals surface area (Å²) in [6.45, 7) is 4.59. The summed E-state index contributed by atoms with van der Waals surface area (Å²) in [5, 5.41) is 0. The molecule has 0 spiro atoms. The minimum Gasteiger partial charge on any atom is -0.426 e. The highest BCUT2D eigenvalue weighted by atomic mass is 16.5. The van der Waals surface area contributed by atoms with Crippen LogP contribution in [0.4, 0.5) is 0 Å². The molecule has 0 fully saturated rings. The van der Waals surface area contributed by atoms with Gasteiger partial charge in [0.15, 0.2) is 0 Å². The lowest BCUT2D eigenvalue weighted by molar-refractivity contribution is -0.152. The summed E-state index contributed by atoms with van der Waals surface area (Å²) >= 11 is 0. The summed E-state index contributed by atoms with van der Waals surface area (Å²) in [4.78, 5) is 12.6. The Morgan fingerprint density at radius 1 is 1.13 bits per heavy atom. The zero-order valence-corrected chi connectivity index (χ0v) is 13.0. The van der Waals surface area contributed by atoms with E-state index in [2.05, 4.69) is 6.58 Å². The summed E-state index contributed by atoms with van der Waals surface area (Å²) < 4.78 is 11.4. The molecule has 0 saturated carbocycles. The Labute approximate surface area is 136 Å². The molecule has 1 aliphatic rings. The van der Waals surface area contributed by atoms with Crippen molar-refractivity contribution in [3.05, 3.63) is 78.4 Å².